The topological polar surface area (TPSA) is 112 Å². The minimum absolute atomic E-state index is 0.0231. The summed E-state index contributed by atoms with van der Waals surface area (Å²) in [4.78, 5) is 18.0. The molecule has 0 saturated carbocycles. The number of methoxy groups -OCH3 is 2. The van der Waals surface area contributed by atoms with Gasteiger partial charge in [0.15, 0.2) is 29.8 Å². The first-order valence-corrected chi connectivity index (χ1v) is 17.4. The highest BCUT2D eigenvalue weighted by Gasteiger charge is 2.57. The molecule has 11 heteroatoms. The first-order valence-electron chi connectivity index (χ1n) is 17.4. The molecule has 3 aromatic carbocycles. The number of nitrogens with zero attached hydrogens (tertiary/aromatic N) is 3. The van der Waals surface area contributed by atoms with Gasteiger partial charge in [0.1, 0.15) is 25.0 Å². The summed E-state index contributed by atoms with van der Waals surface area (Å²) in [5.41, 5.74) is 6.75. The molecule has 0 amide bonds. The van der Waals surface area contributed by atoms with E-state index < -0.39 is 12.1 Å². The number of ether oxygens (including phenoxy) is 7. The fourth-order valence-corrected chi connectivity index (χ4v) is 8.70. The summed E-state index contributed by atoms with van der Waals surface area (Å²) in [6.45, 7) is 8.29. The minimum Gasteiger partial charge on any atom is -0.493 e. The summed E-state index contributed by atoms with van der Waals surface area (Å²) in [6, 6.07) is 13.0. The molecule has 0 spiro atoms. The van der Waals surface area contributed by atoms with Crippen LogP contribution in [-0.4, -0.2) is 82.0 Å². The van der Waals surface area contributed by atoms with Crippen LogP contribution >= 0.6 is 0 Å². The summed E-state index contributed by atoms with van der Waals surface area (Å²) in [7, 11) is 5.33. The second-order valence-electron chi connectivity index (χ2n) is 13.5. The molecule has 0 radical (unpaired) electrons. The van der Waals surface area contributed by atoms with E-state index in [-0.39, 0.29) is 50.7 Å². The van der Waals surface area contributed by atoms with Crippen LogP contribution in [0.3, 0.4) is 0 Å². The van der Waals surface area contributed by atoms with Gasteiger partial charge < -0.3 is 33.2 Å². The molecule has 1 fully saturated rings. The van der Waals surface area contributed by atoms with Crippen LogP contribution in [0, 0.1) is 25.2 Å². The number of carbonyl (C=O) groups excluding carboxylic acids is 1. The Morgan fingerprint density at radius 3 is 2.55 bits per heavy atom. The summed E-state index contributed by atoms with van der Waals surface area (Å²) in [5, 5.41) is 11.0. The van der Waals surface area contributed by atoms with E-state index in [2.05, 4.69) is 35.6 Å². The molecule has 3 aromatic rings. The van der Waals surface area contributed by atoms with Crippen molar-refractivity contribution in [1.82, 2.24) is 9.80 Å². The molecule has 0 aromatic heterocycles. The first kappa shape index (κ1) is 34.7. The molecule has 11 nitrogen and oxygen atoms in total. The predicted octanol–water partition coefficient (Wildman–Crippen LogP) is 5.54. The lowest BCUT2D eigenvalue weighted by molar-refractivity contribution is -0.149. The van der Waals surface area contributed by atoms with Crippen molar-refractivity contribution in [3.8, 4) is 34.8 Å². The normalized spacial score (nSPS) is 22.9. The van der Waals surface area contributed by atoms with Gasteiger partial charge in [0.05, 0.1) is 25.3 Å². The Morgan fingerprint density at radius 2 is 1.82 bits per heavy atom. The maximum atomic E-state index is 13.4. The number of aryl methyl sites for hydroxylation is 2. The summed E-state index contributed by atoms with van der Waals surface area (Å²) in [5.74, 6) is 2.90. The molecule has 7 rings (SSSR count). The lowest BCUT2D eigenvalue weighted by Crippen LogP contribution is -2.68. The lowest BCUT2D eigenvalue weighted by Gasteiger charge is -2.60. The average Bonchev–Trinajstić information content (AvgIpc) is 3.63. The highest BCUT2D eigenvalue weighted by atomic mass is 16.7. The molecule has 4 heterocycles. The van der Waals surface area contributed by atoms with E-state index in [1.165, 1.54) is 0 Å². The van der Waals surface area contributed by atoms with Crippen LogP contribution in [-0.2, 0) is 33.5 Å². The number of carbonyl (C=O) groups is 1. The van der Waals surface area contributed by atoms with Gasteiger partial charge in [-0.3, -0.25) is 14.6 Å². The highest BCUT2D eigenvalue weighted by Crippen LogP contribution is 2.58. The number of likely N-dealkylation sites (N-methyl/N-ethyl adjacent to an activating group) is 1. The number of rotatable bonds is 12. The highest BCUT2D eigenvalue weighted by molar-refractivity contribution is 5.70. The zero-order valence-electron chi connectivity index (χ0n) is 29.9. The van der Waals surface area contributed by atoms with Crippen molar-refractivity contribution in [3.63, 3.8) is 0 Å². The van der Waals surface area contributed by atoms with E-state index in [0.717, 1.165) is 38.9 Å². The molecular weight excluding hydrogens is 650 g/mol. The molecule has 4 aliphatic heterocycles. The first-order chi connectivity index (χ1) is 24.8. The van der Waals surface area contributed by atoms with E-state index >= 15 is 0 Å². The number of esters is 1. The van der Waals surface area contributed by atoms with Gasteiger partial charge >= 0.3 is 5.97 Å². The monoisotopic (exact) mass is 695 g/mol. The van der Waals surface area contributed by atoms with Crippen molar-refractivity contribution < 1.29 is 38.0 Å². The van der Waals surface area contributed by atoms with E-state index in [1.54, 1.807) is 20.3 Å². The van der Waals surface area contributed by atoms with Crippen LogP contribution in [0.2, 0.25) is 0 Å². The quantitative estimate of drug-likeness (QED) is 0.135. The maximum absolute atomic E-state index is 13.4. The molecule has 1 saturated heterocycles. The standard InChI is InChI=1S/C40H45N3O8/c1-7-15-47-37-24(3)38-40(51-22-50-38)34-27(37)18-29-35-33-26(16-23(2)36(46-6)39(33)49-21-45-5)17-28(42(35)4)30(19-41)43(29)31(34)20-48-32(44)14-13-25-11-9-8-10-12-25/h7-12,16,28-31,35H,1,13-15,17-18,20-22H2,2-6H3/t28-,29?,30+,31+,35-/m1/s1. The lowest BCUT2D eigenvalue weighted by atomic mass is 9.71. The van der Waals surface area contributed by atoms with Gasteiger partial charge in [0, 0.05) is 47.9 Å². The Hall–Kier alpha value is -4.76. The fraction of sp³-hybridized carbons (Fsp3) is 0.450. The second kappa shape index (κ2) is 14.5. The van der Waals surface area contributed by atoms with Gasteiger partial charge in [-0.2, -0.15) is 5.26 Å². The van der Waals surface area contributed by atoms with E-state index in [0.29, 0.717) is 54.6 Å². The van der Waals surface area contributed by atoms with Crippen molar-refractivity contribution in [3.05, 3.63) is 88.0 Å². The predicted molar refractivity (Wildman–Crippen MR) is 188 cm³/mol. The Kier molecular flexibility index (Phi) is 9.84. The van der Waals surface area contributed by atoms with E-state index in [4.69, 9.17) is 33.2 Å². The molecular formula is C40H45N3O8. The molecule has 0 N–H and O–H groups in total. The van der Waals surface area contributed by atoms with E-state index in [9.17, 15) is 10.1 Å². The minimum atomic E-state index is -0.534. The third-order valence-electron chi connectivity index (χ3n) is 10.8. The zero-order chi connectivity index (χ0) is 35.8. The number of hydrogen-bond acceptors (Lipinski definition) is 11. The number of nitriles is 1. The molecule has 2 bridgehead atoms. The molecule has 51 heavy (non-hydrogen) atoms. The van der Waals surface area contributed by atoms with Crippen molar-refractivity contribution in [2.45, 2.75) is 69.7 Å². The van der Waals surface area contributed by atoms with Crippen LogP contribution in [0.4, 0.5) is 0 Å². The van der Waals surface area contributed by atoms with Crippen LogP contribution in [0.5, 0.6) is 28.7 Å². The Bertz CT molecular complexity index is 1860. The Labute approximate surface area is 299 Å². The summed E-state index contributed by atoms with van der Waals surface area (Å²) < 4.78 is 42.4. The van der Waals surface area contributed by atoms with Gasteiger partial charge in [-0.05, 0) is 56.8 Å². The average molecular weight is 696 g/mol. The van der Waals surface area contributed by atoms with Crippen molar-refractivity contribution in [2.75, 3.05) is 48.1 Å². The van der Waals surface area contributed by atoms with Crippen molar-refractivity contribution >= 4 is 5.97 Å². The van der Waals surface area contributed by atoms with E-state index in [1.807, 2.05) is 44.2 Å². The summed E-state index contributed by atoms with van der Waals surface area (Å²) in [6.07, 6.45) is 3.66. The third-order valence-corrected chi connectivity index (χ3v) is 10.8. The molecule has 1 unspecified atom stereocenters. The molecule has 5 atom stereocenters. The zero-order valence-corrected chi connectivity index (χ0v) is 29.9. The van der Waals surface area contributed by atoms with Crippen LogP contribution in [0.15, 0.2) is 49.1 Å². The third kappa shape index (κ3) is 5.95. The molecule has 0 aliphatic carbocycles. The van der Waals surface area contributed by atoms with Gasteiger partial charge in [-0.15, -0.1) is 0 Å². The van der Waals surface area contributed by atoms with Crippen molar-refractivity contribution in [2.24, 2.45) is 0 Å². The number of fused-ring (bicyclic) bond motifs is 9. The summed E-state index contributed by atoms with van der Waals surface area (Å²) >= 11 is 0. The number of piperazine rings is 1. The molecule has 4 aliphatic rings. The Morgan fingerprint density at radius 1 is 1.04 bits per heavy atom. The van der Waals surface area contributed by atoms with Gasteiger partial charge in [0.2, 0.25) is 6.79 Å². The van der Waals surface area contributed by atoms with Crippen molar-refractivity contribution in [1.29, 1.82) is 5.26 Å². The second-order valence-corrected chi connectivity index (χ2v) is 13.5. The smallest absolute Gasteiger partial charge is 0.306 e. The number of benzene rings is 3. The van der Waals surface area contributed by atoms with Gasteiger partial charge in [0.25, 0.3) is 0 Å². The van der Waals surface area contributed by atoms with Crippen LogP contribution in [0.1, 0.15) is 57.4 Å². The Balaban J connectivity index is 1.37. The molecule has 268 valence electrons. The maximum Gasteiger partial charge on any atom is 0.306 e. The largest absolute Gasteiger partial charge is 0.493 e. The van der Waals surface area contributed by atoms with Crippen LogP contribution in [0.25, 0.3) is 0 Å². The van der Waals surface area contributed by atoms with Gasteiger partial charge in [-0.1, -0.05) is 49.1 Å². The fourth-order valence-electron chi connectivity index (χ4n) is 8.70. The number of hydrogen-bond donors (Lipinski definition) is 0. The van der Waals surface area contributed by atoms with Crippen LogP contribution < -0.4 is 23.7 Å². The SMILES string of the molecule is C=CCOc1c(C)c2c(c3c1CC1[C@@H]4c5c(cc(C)c(OC)c5OCOC)C[C@H]([C@H](C#N)N1[C@H]3COC(=O)CCc1ccccc1)N4C)OCO2. The van der Waals surface area contributed by atoms with Gasteiger partial charge in [-0.25, -0.2) is 0 Å².